The fraction of sp³-hybridized carbons (Fsp3) is 0.950. The molecule has 2 aliphatic heterocycles. The number of hydrogen-bond acceptors (Lipinski definition) is 4. The number of nitrogens with zero attached hydrogens (tertiary/aromatic N) is 2. The molecule has 2 heterocycles. The van der Waals surface area contributed by atoms with Crippen molar-refractivity contribution in [2.45, 2.75) is 103 Å². The Morgan fingerprint density at radius 1 is 1.16 bits per heavy atom. The third kappa shape index (κ3) is 5.58. The number of ether oxygens (including phenoxy) is 1. The van der Waals surface area contributed by atoms with Crippen LogP contribution < -0.4 is 0 Å². The number of aliphatic hydroxyl groups excluding tert-OH is 1. The van der Waals surface area contributed by atoms with Crippen LogP contribution in [0.2, 0.25) is 0 Å². The number of likely N-dealkylation sites (tertiary alicyclic amines) is 1. The summed E-state index contributed by atoms with van der Waals surface area (Å²) in [6.45, 7) is 9.96. The standard InChI is InChI=1S/C20H38N2O3/c1-5-6-7-8-9-13-21-16-10-11-17(21)18(12-14-23)22(15-16)19(24)25-20(2,3)4/h16-18,23H,5-15H2,1-4H3/t16?,17-,18+/m1/s1. The van der Waals surface area contributed by atoms with E-state index in [-0.39, 0.29) is 18.7 Å². The summed E-state index contributed by atoms with van der Waals surface area (Å²) in [6.07, 6.45) is 9.17. The highest BCUT2D eigenvalue weighted by molar-refractivity contribution is 5.69. The lowest BCUT2D eigenvalue weighted by atomic mass is 9.99. The second-order valence-electron chi connectivity index (χ2n) is 8.66. The molecule has 1 N–H and O–H groups in total. The number of hydrogen-bond donors (Lipinski definition) is 1. The Morgan fingerprint density at radius 2 is 1.88 bits per heavy atom. The Bertz CT molecular complexity index is 422. The molecule has 1 amide bonds. The molecule has 146 valence electrons. The van der Waals surface area contributed by atoms with E-state index in [1.54, 1.807) is 0 Å². The monoisotopic (exact) mass is 354 g/mol. The lowest BCUT2D eigenvalue weighted by Crippen LogP contribution is -2.62. The molecule has 0 radical (unpaired) electrons. The van der Waals surface area contributed by atoms with Crippen molar-refractivity contribution >= 4 is 6.09 Å². The van der Waals surface area contributed by atoms with Crippen LogP contribution in [0.15, 0.2) is 0 Å². The second-order valence-corrected chi connectivity index (χ2v) is 8.66. The van der Waals surface area contributed by atoms with Crippen LogP contribution in [0.5, 0.6) is 0 Å². The van der Waals surface area contributed by atoms with E-state index in [2.05, 4.69) is 11.8 Å². The van der Waals surface area contributed by atoms with Crippen LogP contribution in [0.25, 0.3) is 0 Å². The summed E-state index contributed by atoms with van der Waals surface area (Å²) in [5.74, 6) is 0. The smallest absolute Gasteiger partial charge is 0.410 e. The molecule has 2 fully saturated rings. The number of rotatable bonds is 8. The van der Waals surface area contributed by atoms with Crippen molar-refractivity contribution in [3.05, 3.63) is 0 Å². The quantitative estimate of drug-likeness (QED) is 0.674. The first-order valence-corrected chi connectivity index (χ1v) is 10.2. The fourth-order valence-corrected chi connectivity index (χ4v) is 4.40. The molecule has 3 atom stereocenters. The van der Waals surface area contributed by atoms with Crippen LogP contribution in [0.1, 0.15) is 79.1 Å². The van der Waals surface area contributed by atoms with Gasteiger partial charge in [-0.15, -0.1) is 0 Å². The minimum Gasteiger partial charge on any atom is -0.444 e. The molecular formula is C20H38N2O3. The van der Waals surface area contributed by atoms with Crippen LogP contribution in [0.4, 0.5) is 4.79 Å². The number of carbonyl (C=O) groups excluding carboxylic acids is 1. The maximum atomic E-state index is 12.7. The molecule has 0 aliphatic carbocycles. The Morgan fingerprint density at radius 3 is 2.52 bits per heavy atom. The summed E-state index contributed by atoms with van der Waals surface area (Å²) >= 11 is 0. The van der Waals surface area contributed by atoms with E-state index in [0.717, 1.165) is 25.9 Å². The first-order valence-electron chi connectivity index (χ1n) is 10.2. The van der Waals surface area contributed by atoms with Gasteiger partial charge in [0, 0.05) is 25.2 Å². The van der Waals surface area contributed by atoms with E-state index in [0.29, 0.717) is 18.5 Å². The molecule has 2 bridgehead atoms. The van der Waals surface area contributed by atoms with Gasteiger partial charge in [-0.05, 0) is 53.0 Å². The summed E-state index contributed by atoms with van der Waals surface area (Å²) in [5, 5.41) is 9.54. The Hall–Kier alpha value is -0.810. The van der Waals surface area contributed by atoms with Crippen molar-refractivity contribution in [1.82, 2.24) is 9.80 Å². The molecule has 25 heavy (non-hydrogen) atoms. The highest BCUT2D eigenvalue weighted by atomic mass is 16.6. The van der Waals surface area contributed by atoms with Crippen molar-refractivity contribution in [2.24, 2.45) is 0 Å². The molecule has 0 saturated carbocycles. The van der Waals surface area contributed by atoms with E-state index >= 15 is 0 Å². The van der Waals surface area contributed by atoms with E-state index in [1.807, 2.05) is 25.7 Å². The third-order valence-corrected chi connectivity index (χ3v) is 5.52. The second kappa shape index (κ2) is 9.22. The molecule has 5 heteroatoms. The zero-order valence-corrected chi connectivity index (χ0v) is 16.7. The van der Waals surface area contributed by atoms with Crippen LogP contribution in [-0.2, 0) is 4.74 Å². The number of amides is 1. The van der Waals surface area contributed by atoms with Gasteiger partial charge < -0.3 is 14.7 Å². The van der Waals surface area contributed by atoms with Gasteiger partial charge in [0.1, 0.15) is 5.60 Å². The van der Waals surface area contributed by atoms with Crippen LogP contribution in [0.3, 0.4) is 0 Å². The number of piperazine rings is 1. The van der Waals surface area contributed by atoms with Crippen LogP contribution >= 0.6 is 0 Å². The van der Waals surface area contributed by atoms with Gasteiger partial charge in [0.05, 0.1) is 6.04 Å². The molecule has 0 aromatic heterocycles. The van der Waals surface area contributed by atoms with Crippen molar-refractivity contribution in [3.63, 3.8) is 0 Å². The predicted octanol–water partition coefficient (Wildman–Crippen LogP) is 3.79. The molecule has 0 aromatic rings. The topological polar surface area (TPSA) is 53.0 Å². The Labute approximate surface area is 153 Å². The molecule has 0 aromatic carbocycles. The number of unbranched alkanes of at least 4 members (excludes halogenated alkanes) is 4. The van der Waals surface area contributed by atoms with Gasteiger partial charge in [-0.25, -0.2) is 4.79 Å². The van der Waals surface area contributed by atoms with Crippen molar-refractivity contribution in [3.8, 4) is 0 Å². The number of aliphatic hydroxyl groups is 1. The van der Waals surface area contributed by atoms with Gasteiger partial charge in [-0.1, -0.05) is 32.6 Å². The molecule has 0 spiro atoms. The van der Waals surface area contributed by atoms with Crippen molar-refractivity contribution in [1.29, 1.82) is 0 Å². The van der Waals surface area contributed by atoms with Gasteiger partial charge in [0.25, 0.3) is 0 Å². The SMILES string of the molecule is CCCCCCCN1C2CC[C@@H]1[C@H](CCO)N(C(=O)OC(C)(C)C)C2. The summed E-state index contributed by atoms with van der Waals surface area (Å²) in [4.78, 5) is 17.2. The van der Waals surface area contributed by atoms with Crippen molar-refractivity contribution in [2.75, 3.05) is 19.7 Å². The normalized spacial score (nSPS) is 26.9. The number of fused-ring (bicyclic) bond motifs is 2. The van der Waals surface area contributed by atoms with E-state index in [1.165, 1.54) is 32.1 Å². The van der Waals surface area contributed by atoms with Crippen molar-refractivity contribution < 1.29 is 14.6 Å². The van der Waals surface area contributed by atoms with Gasteiger partial charge in [0.15, 0.2) is 0 Å². The molecule has 2 rings (SSSR count). The fourth-order valence-electron chi connectivity index (χ4n) is 4.40. The molecule has 5 nitrogen and oxygen atoms in total. The van der Waals surface area contributed by atoms with Gasteiger partial charge in [0.2, 0.25) is 0 Å². The molecule has 2 saturated heterocycles. The largest absolute Gasteiger partial charge is 0.444 e. The average Bonchev–Trinajstić information content (AvgIpc) is 2.81. The molecule has 2 aliphatic rings. The zero-order chi connectivity index (χ0) is 18.4. The average molecular weight is 355 g/mol. The molecule has 1 unspecified atom stereocenters. The van der Waals surface area contributed by atoms with Gasteiger partial charge >= 0.3 is 6.09 Å². The summed E-state index contributed by atoms with van der Waals surface area (Å²) in [7, 11) is 0. The minimum atomic E-state index is -0.476. The maximum absolute atomic E-state index is 12.7. The Kier molecular flexibility index (Phi) is 7.56. The first kappa shape index (κ1) is 20.5. The summed E-state index contributed by atoms with van der Waals surface area (Å²) < 4.78 is 5.63. The minimum absolute atomic E-state index is 0.0780. The summed E-state index contributed by atoms with van der Waals surface area (Å²) in [6, 6.07) is 0.914. The van der Waals surface area contributed by atoms with E-state index in [4.69, 9.17) is 4.74 Å². The Balaban J connectivity index is 1.97. The lowest BCUT2D eigenvalue weighted by Gasteiger charge is -2.47. The highest BCUT2D eigenvalue weighted by Crippen LogP contribution is 2.36. The van der Waals surface area contributed by atoms with Gasteiger partial charge in [-0.3, -0.25) is 4.90 Å². The zero-order valence-electron chi connectivity index (χ0n) is 16.7. The maximum Gasteiger partial charge on any atom is 0.410 e. The van der Waals surface area contributed by atoms with Crippen LogP contribution in [-0.4, -0.2) is 64.4 Å². The van der Waals surface area contributed by atoms with Gasteiger partial charge in [-0.2, -0.15) is 0 Å². The predicted molar refractivity (Wildman–Crippen MR) is 101 cm³/mol. The highest BCUT2D eigenvalue weighted by Gasteiger charge is 2.47. The first-order chi connectivity index (χ1) is 11.9. The summed E-state index contributed by atoms with van der Waals surface area (Å²) in [5.41, 5.74) is -0.476. The van der Waals surface area contributed by atoms with Crippen LogP contribution in [0, 0.1) is 0 Å². The van der Waals surface area contributed by atoms with E-state index in [9.17, 15) is 9.90 Å². The van der Waals surface area contributed by atoms with E-state index < -0.39 is 5.60 Å². The third-order valence-electron chi connectivity index (χ3n) is 5.52. The lowest BCUT2D eigenvalue weighted by molar-refractivity contribution is -0.0267. The molecular weight excluding hydrogens is 316 g/mol. The number of carbonyl (C=O) groups is 1.